The van der Waals surface area contributed by atoms with Crippen molar-refractivity contribution in [1.29, 1.82) is 0 Å². The molecule has 41 heavy (non-hydrogen) atoms. The number of hydrogen-bond acceptors (Lipinski definition) is 6. The minimum Gasteiger partial charge on any atom is -0.493 e. The molecule has 1 aliphatic carbocycles. The second-order valence-electron chi connectivity index (χ2n) is 10.7. The minimum absolute atomic E-state index is 0.0116. The molecule has 2 aliphatic rings. The molecule has 3 aromatic carbocycles. The summed E-state index contributed by atoms with van der Waals surface area (Å²) < 4.78 is 39.7. The van der Waals surface area contributed by atoms with E-state index in [1.54, 1.807) is 6.07 Å². The van der Waals surface area contributed by atoms with Gasteiger partial charge in [0.2, 0.25) is 5.91 Å². The maximum absolute atomic E-state index is 14.9. The highest BCUT2D eigenvalue weighted by Crippen LogP contribution is 2.39. The fraction of sp³-hybridized carbons (Fsp3) is 0.375. The first kappa shape index (κ1) is 28.7. The lowest BCUT2D eigenvalue weighted by Gasteiger charge is -2.22. The van der Waals surface area contributed by atoms with Gasteiger partial charge in [-0.05, 0) is 66.8 Å². The van der Waals surface area contributed by atoms with E-state index >= 15 is 0 Å². The van der Waals surface area contributed by atoms with Crippen LogP contribution in [0.5, 0.6) is 5.75 Å². The molecule has 7 nitrogen and oxygen atoms in total. The van der Waals surface area contributed by atoms with Crippen LogP contribution in [0.3, 0.4) is 0 Å². The first-order valence-electron chi connectivity index (χ1n) is 13.9. The minimum atomic E-state index is -0.843. The predicted octanol–water partition coefficient (Wildman–Crippen LogP) is 4.71. The number of halogens is 2. The Morgan fingerprint density at radius 2 is 1.88 bits per heavy atom. The summed E-state index contributed by atoms with van der Waals surface area (Å²) in [5, 5.41) is 12.3. The molecule has 2 fully saturated rings. The zero-order valence-electron chi connectivity index (χ0n) is 22.9. The fourth-order valence-corrected chi connectivity index (χ4v) is 5.44. The number of benzene rings is 3. The van der Waals surface area contributed by atoms with Crippen molar-refractivity contribution in [2.75, 3.05) is 26.9 Å². The summed E-state index contributed by atoms with van der Waals surface area (Å²) in [7, 11) is 1.16. The number of hydrogen-bond donors (Lipinski definition) is 2. The van der Waals surface area contributed by atoms with Crippen molar-refractivity contribution >= 4 is 11.9 Å². The van der Waals surface area contributed by atoms with Gasteiger partial charge in [-0.25, -0.2) is 13.6 Å². The van der Waals surface area contributed by atoms with Crippen molar-refractivity contribution in [3.05, 3.63) is 89.0 Å². The van der Waals surface area contributed by atoms with Gasteiger partial charge in [0.05, 0.1) is 20.3 Å². The van der Waals surface area contributed by atoms with E-state index in [1.807, 2.05) is 24.3 Å². The third kappa shape index (κ3) is 6.74. The maximum atomic E-state index is 14.9. The van der Waals surface area contributed by atoms with Gasteiger partial charge in [-0.15, -0.1) is 0 Å². The van der Waals surface area contributed by atoms with E-state index in [0.29, 0.717) is 18.6 Å². The van der Waals surface area contributed by atoms with Crippen LogP contribution in [0.4, 0.5) is 8.78 Å². The summed E-state index contributed by atoms with van der Waals surface area (Å²) in [4.78, 5) is 27.0. The lowest BCUT2D eigenvalue weighted by molar-refractivity contribution is -0.122. The summed E-state index contributed by atoms with van der Waals surface area (Å²) in [5.74, 6) is -1.66. The van der Waals surface area contributed by atoms with Gasteiger partial charge >= 0.3 is 5.97 Å². The highest BCUT2D eigenvalue weighted by molar-refractivity contribution is 5.97. The Hall–Kier alpha value is -3.82. The van der Waals surface area contributed by atoms with Crippen molar-refractivity contribution in [1.82, 2.24) is 10.2 Å². The Labute approximate surface area is 238 Å². The van der Waals surface area contributed by atoms with E-state index < -0.39 is 17.6 Å². The molecule has 0 bridgehead atoms. The van der Waals surface area contributed by atoms with Gasteiger partial charge in [0.15, 0.2) is 0 Å². The molecule has 3 atom stereocenters. The number of nitrogens with zero attached hydrogens (tertiary/aromatic N) is 1. The van der Waals surface area contributed by atoms with Crippen LogP contribution in [-0.4, -0.2) is 54.8 Å². The summed E-state index contributed by atoms with van der Waals surface area (Å²) in [6.45, 7) is 2.43. The van der Waals surface area contributed by atoms with Crippen molar-refractivity contribution in [2.24, 2.45) is 11.8 Å². The Morgan fingerprint density at radius 3 is 2.61 bits per heavy atom. The summed E-state index contributed by atoms with van der Waals surface area (Å²) in [6.07, 6.45) is 2.85. The number of ether oxygens (including phenoxy) is 2. The smallest absolute Gasteiger partial charge is 0.341 e. The van der Waals surface area contributed by atoms with E-state index in [0.717, 1.165) is 44.9 Å². The average Bonchev–Trinajstić information content (AvgIpc) is 3.63. The molecule has 1 aliphatic heterocycles. The summed E-state index contributed by atoms with van der Waals surface area (Å²) >= 11 is 0. The zero-order chi connectivity index (χ0) is 28.9. The number of esters is 1. The lowest BCUT2D eigenvalue weighted by atomic mass is 9.98. The molecule has 0 aromatic heterocycles. The van der Waals surface area contributed by atoms with Gasteiger partial charge in [-0.1, -0.05) is 36.4 Å². The largest absolute Gasteiger partial charge is 0.493 e. The van der Waals surface area contributed by atoms with Crippen molar-refractivity contribution in [3.8, 4) is 16.9 Å². The van der Waals surface area contributed by atoms with Crippen LogP contribution >= 0.6 is 0 Å². The van der Waals surface area contributed by atoms with E-state index in [1.165, 1.54) is 29.8 Å². The van der Waals surface area contributed by atoms with Crippen LogP contribution in [-0.2, 0) is 22.6 Å². The second kappa shape index (κ2) is 12.8. The van der Waals surface area contributed by atoms with Crippen LogP contribution in [0.2, 0.25) is 0 Å². The molecular weight excluding hydrogens is 530 g/mol. The summed E-state index contributed by atoms with van der Waals surface area (Å²) in [6, 6.07) is 16.6. The molecule has 3 unspecified atom stereocenters. The van der Waals surface area contributed by atoms with Gasteiger partial charge in [0.1, 0.15) is 22.9 Å². The SMILES string of the molecule is COC(=O)c1c(F)cccc1-c1ccc(CNC(=O)C2CC2COc2ccc(CN3CCCC3CO)cc2)c(F)c1. The van der Waals surface area contributed by atoms with Crippen molar-refractivity contribution in [2.45, 2.75) is 38.4 Å². The molecule has 1 amide bonds. The molecular formula is C32H34F2N2O5. The Morgan fingerprint density at radius 1 is 1.07 bits per heavy atom. The van der Waals surface area contributed by atoms with Gasteiger partial charge < -0.3 is 19.9 Å². The summed E-state index contributed by atoms with van der Waals surface area (Å²) in [5.41, 5.74) is 1.75. The number of aliphatic hydroxyl groups excluding tert-OH is 1. The molecule has 1 heterocycles. The highest BCUT2D eigenvalue weighted by Gasteiger charge is 2.43. The number of likely N-dealkylation sites (tertiary alicyclic amines) is 1. The Kier molecular flexibility index (Phi) is 8.95. The van der Waals surface area contributed by atoms with E-state index in [-0.39, 0.29) is 53.6 Å². The highest BCUT2D eigenvalue weighted by atomic mass is 19.1. The average molecular weight is 565 g/mol. The molecule has 216 valence electrons. The predicted molar refractivity (Wildman–Crippen MR) is 149 cm³/mol. The first-order valence-corrected chi connectivity index (χ1v) is 13.9. The zero-order valence-corrected chi connectivity index (χ0v) is 22.9. The third-order valence-corrected chi connectivity index (χ3v) is 7.96. The fourth-order valence-electron chi connectivity index (χ4n) is 5.44. The van der Waals surface area contributed by atoms with E-state index in [2.05, 4.69) is 15.0 Å². The van der Waals surface area contributed by atoms with Gasteiger partial charge in [-0.2, -0.15) is 0 Å². The molecule has 1 saturated carbocycles. The maximum Gasteiger partial charge on any atom is 0.341 e. The Bertz CT molecular complexity index is 1400. The van der Waals surface area contributed by atoms with Crippen LogP contribution in [0.25, 0.3) is 11.1 Å². The van der Waals surface area contributed by atoms with Crippen molar-refractivity contribution < 1.29 is 33.0 Å². The third-order valence-electron chi connectivity index (χ3n) is 7.96. The number of amides is 1. The van der Waals surface area contributed by atoms with Gasteiger partial charge in [0, 0.05) is 36.5 Å². The number of methoxy groups -OCH3 is 1. The molecule has 0 radical (unpaired) electrons. The molecule has 1 saturated heterocycles. The van der Waals surface area contributed by atoms with E-state index in [9.17, 15) is 23.5 Å². The van der Waals surface area contributed by atoms with Gasteiger partial charge in [-0.3, -0.25) is 9.69 Å². The monoisotopic (exact) mass is 564 g/mol. The van der Waals surface area contributed by atoms with Crippen LogP contribution in [0, 0.1) is 23.5 Å². The van der Waals surface area contributed by atoms with Gasteiger partial charge in [0.25, 0.3) is 0 Å². The number of rotatable bonds is 11. The molecule has 0 spiro atoms. The van der Waals surface area contributed by atoms with Crippen molar-refractivity contribution in [3.63, 3.8) is 0 Å². The van der Waals surface area contributed by atoms with Crippen LogP contribution in [0.1, 0.15) is 40.7 Å². The topological polar surface area (TPSA) is 88.1 Å². The van der Waals surface area contributed by atoms with Crippen LogP contribution in [0.15, 0.2) is 60.7 Å². The molecule has 2 N–H and O–H groups in total. The standard InChI is InChI=1S/C32H34F2N2O5/c1-40-32(39)30-26(5-2-6-28(30)33)21-9-10-22(29(34)15-21)16-35-31(38)27-14-23(27)19-41-25-11-7-20(8-12-25)17-36-13-3-4-24(36)18-37/h2,5-12,15,23-24,27,37H,3-4,13-14,16-19H2,1H3,(H,35,38). The normalized spacial score (nSPS) is 20.0. The van der Waals surface area contributed by atoms with E-state index in [4.69, 9.17) is 4.74 Å². The quantitative estimate of drug-likeness (QED) is 0.328. The van der Waals surface area contributed by atoms with Crippen LogP contribution < -0.4 is 10.1 Å². The number of carbonyl (C=O) groups is 2. The molecule has 9 heteroatoms. The molecule has 5 rings (SSSR count). The number of carbonyl (C=O) groups excluding carboxylic acids is 2. The first-order chi connectivity index (χ1) is 19.9. The number of nitrogens with one attached hydrogen (secondary N) is 1. The second-order valence-corrected chi connectivity index (χ2v) is 10.7. The Balaban J connectivity index is 1.09. The molecule has 3 aromatic rings. The lowest BCUT2D eigenvalue weighted by Crippen LogP contribution is -2.31. The number of aliphatic hydroxyl groups is 1.